The summed E-state index contributed by atoms with van der Waals surface area (Å²) in [6, 6.07) is 0.546. The number of rotatable bonds is 1. The van der Waals surface area contributed by atoms with Gasteiger partial charge in [-0.05, 0) is 18.4 Å². The molecule has 0 saturated heterocycles. The molecule has 1 radical (unpaired) electrons. The van der Waals surface area contributed by atoms with E-state index in [9.17, 15) is 0 Å². The first-order valence-electron chi connectivity index (χ1n) is 2.80. The highest BCUT2D eigenvalue weighted by Gasteiger charge is 2.10. The zero-order valence-corrected chi connectivity index (χ0v) is 5.26. The van der Waals surface area contributed by atoms with Crippen molar-refractivity contribution in [3.8, 4) is 0 Å². The van der Waals surface area contributed by atoms with Gasteiger partial charge in [-0.15, -0.1) is 0 Å². The van der Waals surface area contributed by atoms with Crippen LogP contribution >= 0.6 is 0 Å². The average Bonchev–Trinajstić information content (AvgIpc) is 2.05. The molecular weight excluding hydrogens is 130 g/mol. The lowest BCUT2D eigenvalue weighted by atomic mass is 10.2. The Morgan fingerprint density at radius 2 is 2.40 bits per heavy atom. The normalized spacial score (nSPS) is 16.5. The van der Waals surface area contributed by atoms with Crippen LogP contribution in [0.1, 0.15) is 0 Å². The van der Waals surface area contributed by atoms with Crippen LogP contribution in [0.4, 0.5) is 0 Å². The number of hydroxylamine groups is 1. The van der Waals surface area contributed by atoms with Gasteiger partial charge in [0.1, 0.15) is 6.04 Å². The molecule has 53 valence electrons. The van der Waals surface area contributed by atoms with E-state index < -0.39 is 0 Å². The SMILES string of the molecule is N=C(NO)[C]1C=CC=CN1. The highest BCUT2D eigenvalue weighted by atomic mass is 16.5. The number of allylic oxidation sites excluding steroid dienone is 2. The largest absolute Gasteiger partial charge is 0.373 e. The van der Waals surface area contributed by atoms with E-state index >= 15 is 0 Å². The first-order valence-corrected chi connectivity index (χ1v) is 2.80. The zero-order chi connectivity index (χ0) is 7.40. The molecule has 0 atom stereocenters. The summed E-state index contributed by atoms with van der Waals surface area (Å²) < 4.78 is 0. The van der Waals surface area contributed by atoms with Gasteiger partial charge in [-0.2, -0.15) is 0 Å². The fourth-order valence-corrected chi connectivity index (χ4v) is 0.609. The second-order valence-electron chi connectivity index (χ2n) is 1.76. The van der Waals surface area contributed by atoms with Gasteiger partial charge >= 0.3 is 0 Å². The van der Waals surface area contributed by atoms with Gasteiger partial charge in [0.05, 0.1) is 0 Å². The maximum Gasteiger partial charge on any atom is 0.151 e. The van der Waals surface area contributed by atoms with Crippen molar-refractivity contribution in [2.24, 2.45) is 0 Å². The summed E-state index contributed by atoms with van der Waals surface area (Å²) in [5, 5.41) is 18.2. The Balaban J connectivity index is 2.51. The minimum absolute atomic E-state index is 0.0411. The molecule has 1 aliphatic rings. The zero-order valence-electron chi connectivity index (χ0n) is 5.26. The molecule has 0 aromatic carbocycles. The van der Waals surface area contributed by atoms with Crippen molar-refractivity contribution >= 4 is 5.84 Å². The Morgan fingerprint density at radius 3 is 2.90 bits per heavy atom. The van der Waals surface area contributed by atoms with E-state index in [0.717, 1.165) is 0 Å². The van der Waals surface area contributed by atoms with Gasteiger partial charge in [-0.25, -0.2) is 0 Å². The third-order valence-electron chi connectivity index (χ3n) is 1.09. The summed E-state index contributed by atoms with van der Waals surface area (Å²) in [6.45, 7) is 0. The molecule has 0 spiro atoms. The molecule has 1 rings (SSSR count). The van der Waals surface area contributed by atoms with Gasteiger partial charge in [0.25, 0.3) is 0 Å². The highest BCUT2D eigenvalue weighted by Crippen LogP contribution is 2.01. The smallest absolute Gasteiger partial charge is 0.151 e. The Hall–Kier alpha value is -1.29. The minimum Gasteiger partial charge on any atom is -0.373 e. The van der Waals surface area contributed by atoms with Crippen LogP contribution in [0.25, 0.3) is 0 Å². The van der Waals surface area contributed by atoms with E-state index in [1.165, 1.54) is 0 Å². The molecule has 0 fully saturated rings. The Kier molecular flexibility index (Phi) is 2.07. The van der Waals surface area contributed by atoms with Gasteiger partial charge in [0, 0.05) is 0 Å². The first kappa shape index (κ1) is 6.82. The maximum atomic E-state index is 8.29. The summed E-state index contributed by atoms with van der Waals surface area (Å²) in [5.41, 5.74) is 1.73. The van der Waals surface area contributed by atoms with Crippen LogP contribution in [0, 0.1) is 11.5 Å². The molecule has 4 N–H and O–H groups in total. The topological polar surface area (TPSA) is 68.1 Å². The minimum atomic E-state index is -0.0411. The number of nitrogens with one attached hydrogen (secondary N) is 3. The number of dihydropyridines is 1. The molecular formula is C6H8N3O. The molecule has 0 bridgehead atoms. The van der Waals surface area contributed by atoms with Crippen molar-refractivity contribution in [2.45, 2.75) is 0 Å². The van der Waals surface area contributed by atoms with Crippen molar-refractivity contribution in [1.82, 2.24) is 10.8 Å². The molecule has 0 saturated carbocycles. The molecule has 1 aliphatic heterocycles. The third-order valence-corrected chi connectivity index (χ3v) is 1.09. The average molecular weight is 138 g/mol. The van der Waals surface area contributed by atoms with Crippen molar-refractivity contribution in [1.29, 1.82) is 5.41 Å². The van der Waals surface area contributed by atoms with Crippen LogP contribution in [0.5, 0.6) is 0 Å². The summed E-state index contributed by atoms with van der Waals surface area (Å²) in [5.74, 6) is -0.0411. The molecule has 0 aromatic rings. The molecule has 0 amide bonds. The molecule has 4 nitrogen and oxygen atoms in total. The molecule has 0 aromatic heterocycles. The Labute approximate surface area is 58.7 Å². The van der Waals surface area contributed by atoms with Gasteiger partial charge in [0.15, 0.2) is 5.84 Å². The van der Waals surface area contributed by atoms with Gasteiger partial charge < -0.3 is 5.32 Å². The summed E-state index contributed by atoms with van der Waals surface area (Å²) in [7, 11) is 0. The number of hydrogen-bond acceptors (Lipinski definition) is 3. The second kappa shape index (κ2) is 3.03. The van der Waals surface area contributed by atoms with E-state index in [0.29, 0.717) is 6.04 Å². The van der Waals surface area contributed by atoms with E-state index in [1.807, 2.05) is 0 Å². The van der Waals surface area contributed by atoms with Gasteiger partial charge in [-0.1, -0.05) is 6.08 Å². The lowest BCUT2D eigenvalue weighted by Crippen LogP contribution is -2.32. The maximum absolute atomic E-state index is 8.29. The lowest BCUT2D eigenvalue weighted by Gasteiger charge is -2.13. The van der Waals surface area contributed by atoms with E-state index in [2.05, 4.69) is 5.32 Å². The quantitative estimate of drug-likeness (QED) is 0.237. The third kappa shape index (κ3) is 1.35. The van der Waals surface area contributed by atoms with Gasteiger partial charge in [-0.3, -0.25) is 16.1 Å². The molecule has 1 heterocycles. The second-order valence-corrected chi connectivity index (χ2v) is 1.76. The number of amidine groups is 1. The summed E-state index contributed by atoms with van der Waals surface area (Å²) in [6.07, 6.45) is 6.94. The van der Waals surface area contributed by atoms with E-state index in [4.69, 9.17) is 10.6 Å². The molecule has 10 heavy (non-hydrogen) atoms. The van der Waals surface area contributed by atoms with Crippen LogP contribution in [-0.4, -0.2) is 11.0 Å². The summed E-state index contributed by atoms with van der Waals surface area (Å²) >= 11 is 0. The van der Waals surface area contributed by atoms with Crippen LogP contribution in [-0.2, 0) is 0 Å². The highest BCUT2D eigenvalue weighted by molar-refractivity contribution is 5.93. The van der Waals surface area contributed by atoms with Crippen molar-refractivity contribution in [2.75, 3.05) is 0 Å². The fraction of sp³-hybridized carbons (Fsp3) is 0. The Morgan fingerprint density at radius 1 is 1.60 bits per heavy atom. The number of hydrogen-bond donors (Lipinski definition) is 4. The van der Waals surface area contributed by atoms with Crippen molar-refractivity contribution in [3.05, 3.63) is 30.5 Å². The van der Waals surface area contributed by atoms with Crippen LogP contribution in [0.2, 0.25) is 0 Å². The summed E-state index contributed by atoms with van der Waals surface area (Å²) in [4.78, 5) is 0. The predicted molar refractivity (Wildman–Crippen MR) is 37.3 cm³/mol. The molecule has 0 aliphatic carbocycles. The van der Waals surface area contributed by atoms with Gasteiger partial charge in [0.2, 0.25) is 0 Å². The van der Waals surface area contributed by atoms with E-state index in [1.54, 1.807) is 29.9 Å². The van der Waals surface area contributed by atoms with E-state index in [-0.39, 0.29) is 5.84 Å². The fourth-order valence-electron chi connectivity index (χ4n) is 0.609. The molecule has 0 unspecified atom stereocenters. The van der Waals surface area contributed by atoms with Crippen LogP contribution < -0.4 is 10.8 Å². The van der Waals surface area contributed by atoms with Crippen LogP contribution in [0.3, 0.4) is 0 Å². The molecule has 4 heteroatoms. The van der Waals surface area contributed by atoms with Crippen LogP contribution in [0.15, 0.2) is 24.4 Å². The standard InChI is InChI=1S/C6H8N3O/c7-6(9-10)5-3-1-2-4-8-5/h1-4,8,10H,(H2,7,9). The first-order chi connectivity index (χ1) is 4.84. The monoisotopic (exact) mass is 138 g/mol. The van der Waals surface area contributed by atoms with Crippen molar-refractivity contribution < 1.29 is 5.21 Å². The Bertz CT molecular complexity index is 185. The predicted octanol–water partition coefficient (Wildman–Crippen LogP) is 0.148. The lowest BCUT2D eigenvalue weighted by molar-refractivity contribution is 0.232. The van der Waals surface area contributed by atoms with Crippen molar-refractivity contribution in [3.63, 3.8) is 0 Å².